The summed E-state index contributed by atoms with van der Waals surface area (Å²) in [6.07, 6.45) is 4.06. The van der Waals surface area contributed by atoms with Gasteiger partial charge in [0.15, 0.2) is 0 Å². The van der Waals surface area contributed by atoms with Gasteiger partial charge in [-0.3, -0.25) is 4.90 Å². The molecule has 2 aromatic heterocycles. The summed E-state index contributed by atoms with van der Waals surface area (Å²) in [5.41, 5.74) is 2.45. The molecule has 0 spiro atoms. The van der Waals surface area contributed by atoms with Crippen LogP contribution in [0.25, 0.3) is 0 Å². The van der Waals surface area contributed by atoms with E-state index < -0.39 is 17.7 Å². The first kappa shape index (κ1) is 17.7. The Labute approximate surface area is 156 Å². The molecule has 0 amide bonds. The highest BCUT2D eigenvalue weighted by Gasteiger charge is 2.34. The van der Waals surface area contributed by atoms with Gasteiger partial charge in [0.05, 0.1) is 23.8 Å². The molecule has 3 heterocycles. The number of imidazole rings is 1. The molecule has 1 N–H and O–H groups in total. The second-order valence-electron chi connectivity index (χ2n) is 7.09. The number of H-pyrrole nitrogens is 1. The van der Waals surface area contributed by atoms with Crippen LogP contribution in [-0.2, 0) is 13.0 Å². The SMILES string of the molecule is CC(C)c1nccc(CN2CCc3[nH]cnc3[C@H]2c2c(F)cccc2F)n1. The zero-order chi connectivity index (χ0) is 19.0. The lowest BCUT2D eigenvalue weighted by atomic mass is 9.94. The highest BCUT2D eigenvalue weighted by Crippen LogP contribution is 2.36. The molecule has 140 valence electrons. The van der Waals surface area contributed by atoms with Crippen LogP contribution >= 0.6 is 0 Å². The molecule has 0 aliphatic carbocycles. The number of benzene rings is 1. The summed E-state index contributed by atoms with van der Waals surface area (Å²) in [4.78, 5) is 18.4. The topological polar surface area (TPSA) is 57.7 Å². The lowest BCUT2D eigenvalue weighted by molar-refractivity contribution is 0.190. The third kappa shape index (κ3) is 3.35. The second-order valence-corrected chi connectivity index (χ2v) is 7.09. The Bertz CT molecular complexity index is 933. The zero-order valence-corrected chi connectivity index (χ0v) is 15.3. The second kappa shape index (κ2) is 7.15. The molecule has 27 heavy (non-hydrogen) atoms. The Balaban J connectivity index is 1.74. The molecule has 0 radical (unpaired) electrons. The maximum absolute atomic E-state index is 14.6. The van der Waals surface area contributed by atoms with Crippen molar-refractivity contribution in [3.05, 3.63) is 76.9 Å². The maximum atomic E-state index is 14.6. The largest absolute Gasteiger partial charge is 0.348 e. The first-order chi connectivity index (χ1) is 13.0. The first-order valence-corrected chi connectivity index (χ1v) is 9.06. The fourth-order valence-corrected chi connectivity index (χ4v) is 3.57. The quantitative estimate of drug-likeness (QED) is 0.761. The molecular weight excluding hydrogens is 348 g/mol. The van der Waals surface area contributed by atoms with Crippen molar-refractivity contribution in [3.63, 3.8) is 0 Å². The summed E-state index contributed by atoms with van der Waals surface area (Å²) in [5.74, 6) is -0.152. The van der Waals surface area contributed by atoms with Crippen LogP contribution in [-0.4, -0.2) is 31.4 Å². The predicted octanol–water partition coefficient (Wildman–Crippen LogP) is 3.75. The lowest BCUT2D eigenvalue weighted by Crippen LogP contribution is -2.37. The van der Waals surface area contributed by atoms with E-state index in [9.17, 15) is 8.78 Å². The van der Waals surface area contributed by atoms with E-state index in [1.165, 1.54) is 18.2 Å². The molecule has 3 aromatic rings. The molecule has 1 aliphatic heterocycles. The Morgan fingerprint density at radius 2 is 1.96 bits per heavy atom. The standard InChI is InChI=1S/C20H21F2N5/c1-12(2)20-23-8-6-13(26-20)10-27-9-7-16-18(25-11-24-16)19(27)17-14(21)4-3-5-15(17)22/h3-6,8,11-12,19H,7,9-10H2,1-2H3,(H,24,25)/t19-/m1/s1. The van der Waals surface area contributed by atoms with E-state index in [0.29, 0.717) is 18.8 Å². The molecule has 0 bridgehead atoms. The van der Waals surface area contributed by atoms with Gasteiger partial charge >= 0.3 is 0 Å². The summed E-state index contributed by atoms with van der Waals surface area (Å²) in [7, 11) is 0. The van der Waals surface area contributed by atoms with Gasteiger partial charge < -0.3 is 4.98 Å². The first-order valence-electron chi connectivity index (χ1n) is 9.06. The van der Waals surface area contributed by atoms with E-state index in [4.69, 9.17) is 0 Å². The van der Waals surface area contributed by atoms with Crippen LogP contribution in [0.2, 0.25) is 0 Å². The molecule has 5 nitrogen and oxygen atoms in total. The van der Waals surface area contributed by atoms with E-state index in [1.807, 2.05) is 24.8 Å². The van der Waals surface area contributed by atoms with Crippen LogP contribution in [0.3, 0.4) is 0 Å². The summed E-state index contributed by atoms with van der Waals surface area (Å²) < 4.78 is 29.2. The van der Waals surface area contributed by atoms with Gasteiger partial charge in [-0.05, 0) is 18.2 Å². The third-order valence-electron chi connectivity index (χ3n) is 4.91. The number of nitrogens with zero attached hydrogens (tertiary/aromatic N) is 4. The van der Waals surface area contributed by atoms with E-state index in [-0.39, 0.29) is 11.5 Å². The number of aromatic nitrogens is 4. The Kier molecular flexibility index (Phi) is 4.70. The van der Waals surface area contributed by atoms with Gasteiger partial charge in [0, 0.05) is 42.9 Å². The van der Waals surface area contributed by atoms with Crippen molar-refractivity contribution in [2.45, 2.75) is 38.8 Å². The molecule has 0 saturated carbocycles. The fraction of sp³-hybridized carbons (Fsp3) is 0.350. The normalized spacial score (nSPS) is 17.3. The monoisotopic (exact) mass is 369 g/mol. The smallest absolute Gasteiger partial charge is 0.131 e. The minimum absolute atomic E-state index is 0.0312. The molecule has 1 atom stereocenters. The van der Waals surface area contributed by atoms with Crippen molar-refractivity contribution in [2.75, 3.05) is 6.54 Å². The van der Waals surface area contributed by atoms with Gasteiger partial charge in [-0.2, -0.15) is 0 Å². The third-order valence-corrected chi connectivity index (χ3v) is 4.91. The molecule has 1 aromatic carbocycles. The van der Waals surface area contributed by atoms with E-state index in [0.717, 1.165) is 23.6 Å². The molecule has 0 fully saturated rings. The van der Waals surface area contributed by atoms with Gasteiger partial charge in [0.2, 0.25) is 0 Å². The lowest BCUT2D eigenvalue weighted by Gasteiger charge is -2.35. The minimum Gasteiger partial charge on any atom is -0.348 e. The minimum atomic E-state index is -0.598. The van der Waals surface area contributed by atoms with Crippen LogP contribution in [0.4, 0.5) is 8.78 Å². The Hall–Kier alpha value is -2.67. The number of nitrogens with one attached hydrogen (secondary N) is 1. The predicted molar refractivity (Wildman–Crippen MR) is 97.0 cm³/mol. The van der Waals surface area contributed by atoms with E-state index in [2.05, 4.69) is 19.9 Å². The van der Waals surface area contributed by atoms with Crippen LogP contribution in [0.15, 0.2) is 36.8 Å². The van der Waals surface area contributed by atoms with Gasteiger partial charge in [0.25, 0.3) is 0 Å². The number of fused-ring (bicyclic) bond motifs is 1. The number of aromatic amines is 1. The summed E-state index contributed by atoms with van der Waals surface area (Å²) >= 11 is 0. The van der Waals surface area contributed by atoms with Gasteiger partial charge in [-0.1, -0.05) is 19.9 Å². The number of hydrogen-bond acceptors (Lipinski definition) is 4. The highest BCUT2D eigenvalue weighted by molar-refractivity contribution is 5.34. The van der Waals surface area contributed by atoms with Crippen LogP contribution < -0.4 is 0 Å². The molecule has 7 heteroatoms. The zero-order valence-electron chi connectivity index (χ0n) is 15.3. The average molecular weight is 369 g/mol. The summed E-state index contributed by atoms with van der Waals surface area (Å²) in [6, 6.07) is 5.21. The fourth-order valence-electron chi connectivity index (χ4n) is 3.57. The molecule has 0 unspecified atom stereocenters. The van der Waals surface area contributed by atoms with Crippen molar-refractivity contribution in [1.82, 2.24) is 24.8 Å². The summed E-state index contributed by atoms with van der Waals surface area (Å²) in [6.45, 7) is 5.18. The Morgan fingerprint density at radius 1 is 1.19 bits per heavy atom. The molecule has 0 saturated heterocycles. The highest BCUT2D eigenvalue weighted by atomic mass is 19.1. The molecule has 1 aliphatic rings. The average Bonchev–Trinajstić information content (AvgIpc) is 3.12. The van der Waals surface area contributed by atoms with Crippen molar-refractivity contribution >= 4 is 0 Å². The van der Waals surface area contributed by atoms with E-state index >= 15 is 0 Å². The number of rotatable bonds is 4. The van der Waals surface area contributed by atoms with Gasteiger partial charge in [-0.15, -0.1) is 0 Å². The Morgan fingerprint density at radius 3 is 2.70 bits per heavy atom. The molecular formula is C20H21F2N5. The van der Waals surface area contributed by atoms with Crippen molar-refractivity contribution in [3.8, 4) is 0 Å². The number of halogens is 2. The van der Waals surface area contributed by atoms with Crippen LogP contribution in [0, 0.1) is 11.6 Å². The summed E-state index contributed by atoms with van der Waals surface area (Å²) in [5, 5.41) is 0. The maximum Gasteiger partial charge on any atom is 0.131 e. The van der Waals surface area contributed by atoms with Gasteiger partial charge in [-0.25, -0.2) is 23.7 Å². The van der Waals surface area contributed by atoms with Crippen molar-refractivity contribution in [1.29, 1.82) is 0 Å². The van der Waals surface area contributed by atoms with Crippen LogP contribution in [0.1, 0.15) is 54.3 Å². The van der Waals surface area contributed by atoms with Crippen molar-refractivity contribution in [2.24, 2.45) is 0 Å². The van der Waals surface area contributed by atoms with Gasteiger partial charge in [0.1, 0.15) is 17.5 Å². The van der Waals surface area contributed by atoms with Crippen molar-refractivity contribution < 1.29 is 8.78 Å². The van der Waals surface area contributed by atoms with E-state index in [1.54, 1.807) is 12.5 Å². The number of hydrogen-bond donors (Lipinski definition) is 1. The molecule has 4 rings (SSSR count). The van der Waals surface area contributed by atoms with Crippen LogP contribution in [0.5, 0.6) is 0 Å².